The van der Waals surface area contributed by atoms with Gasteiger partial charge in [0.15, 0.2) is 0 Å². The molecule has 0 bridgehead atoms. The van der Waals surface area contributed by atoms with Crippen LogP contribution in [0, 0.1) is 5.92 Å². The van der Waals surface area contributed by atoms with Gasteiger partial charge in [0.2, 0.25) is 0 Å². The summed E-state index contributed by atoms with van der Waals surface area (Å²) < 4.78 is 7.48. The summed E-state index contributed by atoms with van der Waals surface area (Å²) in [5.41, 5.74) is 0. The number of hydrogen-bond donors (Lipinski definition) is 2. The highest BCUT2D eigenvalue weighted by Gasteiger charge is 2.24. The largest absolute Gasteiger partial charge is 0.467 e. The molecule has 0 saturated heterocycles. The van der Waals surface area contributed by atoms with Gasteiger partial charge in [0.1, 0.15) is 17.6 Å². The van der Waals surface area contributed by atoms with Gasteiger partial charge in [-0.1, -0.05) is 6.92 Å². The highest BCUT2D eigenvalue weighted by molar-refractivity contribution is 5.16. The minimum Gasteiger partial charge on any atom is -0.467 e. The van der Waals surface area contributed by atoms with Crippen LogP contribution in [-0.4, -0.2) is 27.3 Å². The van der Waals surface area contributed by atoms with Crippen molar-refractivity contribution in [1.29, 1.82) is 0 Å². The monoisotopic (exact) mass is 263 g/mol. The summed E-state index contributed by atoms with van der Waals surface area (Å²) in [5, 5.41) is 12.7. The number of rotatable bonds is 6. The van der Waals surface area contributed by atoms with Crippen molar-refractivity contribution in [1.82, 2.24) is 14.9 Å². The molecule has 0 aliphatic carbocycles. The lowest BCUT2D eigenvalue weighted by atomic mass is 10.0. The van der Waals surface area contributed by atoms with E-state index in [2.05, 4.69) is 17.2 Å². The Balaban J connectivity index is 2.24. The highest BCUT2D eigenvalue weighted by atomic mass is 16.3. The molecule has 0 spiro atoms. The number of aryl methyl sites for hydroxylation is 1. The van der Waals surface area contributed by atoms with Crippen LogP contribution in [-0.2, 0) is 7.05 Å². The number of aliphatic hydroxyl groups is 1. The number of aliphatic hydroxyl groups excluding tert-OH is 1. The molecule has 0 fully saturated rings. The first kappa shape index (κ1) is 13.8. The molecule has 0 radical (unpaired) electrons. The zero-order valence-electron chi connectivity index (χ0n) is 11.6. The first-order chi connectivity index (χ1) is 9.13. The third-order valence-electron chi connectivity index (χ3n) is 3.52. The number of nitrogens with one attached hydrogen (secondary N) is 1. The molecule has 2 N–H and O–H groups in total. The van der Waals surface area contributed by atoms with Gasteiger partial charge in [-0.2, -0.15) is 0 Å². The smallest absolute Gasteiger partial charge is 0.133 e. The number of imidazole rings is 1. The second-order valence-corrected chi connectivity index (χ2v) is 4.96. The van der Waals surface area contributed by atoms with Crippen molar-refractivity contribution in [2.75, 3.05) is 6.61 Å². The second kappa shape index (κ2) is 6.04. The Morgan fingerprint density at radius 3 is 2.79 bits per heavy atom. The van der Waals surface area contributed by atoms with Crippen LogP contribution in [0.25, 0.3) is 0 Å². The van der Waals surface area contributed by atoms with Gasteiger partial charge in [-0.25, -0.2) is 4.98 Å². The van der Waals surface area contributed by atoms with Crippen molar-refractivity contribution in [3.05, 3.63) is 42.4 Å². The molecule has 5 nitrogen and oxygen atoms in total. The molecule has 3 atom stereocenters. The Morgan fingerprint density at radius 2 is 2.26 bits per heavy atom. The molecular formula is C14H21N3O2. The first-order valence-electron chi connectivity index (χ1n) is 6.51. The summed E-state index contributed by atoms with van der Waals surface area (Å²) >= 11 is 0. The topological polar surface area (TPSA) is 63.2 Å². The van der Waals surface area contributed by atoms with Crippen molar-refractivity contribution in [2.45, 2.75) is 25.9 Å². The fraction of sp³-hybridized carbons (Fsp3) is 0.500. The van der Waals surface area contributed by atoms with E-state index in [1.165, 1.54) is 0 Å². The first-order valence-corrected chi connectivity index (χ1v) is 6.51. The molecule has 0 aliphatic rings. The maximum Gasteiger partial charge on any atom is 0.133 e. The van der Waals surface area contributed by atoms with Crippen molar-refractivity contribution in [2.24, 2.45) is 13.0 Å². The van der Waals surface area contributed by atoms with Crippen LogP contribution in [0.1, 0.15) is 31.5 Å². The van der Waals surface area contributed by atoms with Crippen molar-refractivity contribution in [3.63, 3.8) is 0 Å². The maximum atomic E-state index is 9.25. The molecule has 5 heteroatoms. The zero-order chi connectivity index (χ0) is 13.8. The van der Waals surface area contributed by atoms with Gasteiger partial charge in [0.05, 0.1) is 6.26 Å². The van der Waals surface area contributed by atoms with Crippen LogP contribution in [0.5, 0.6) is 0 Å². The predicted molar refractivity (Wildman–Crippen MR) is 72.6 cm³/mol. The predicted octanol–water partition coefficient (Wildman–Crippen LogP) is 1.71. The number of hydrogen-bond acceptors (Lipinski definition) is 4. The van der Waals surface area contributed by atoms with Crippen LogP contribution in [0.3, 0.4) is 0 Å². The summed E-state index contributed by atoms with van der Waals surface area (Å²) in [6.45, 7) is 4.22. The second-order valence-electron chi connectivity index (χ2n) is 4.96. The van der Waals surface area contributed by atoms with Gasteiger partial charge < -0.3 is 14.1 Å². The minimum absolute atomic E-state index is 0.112. The molecule has 104 valence electrons. The summed E-state index contributed by atoms with van der Waals surface area (Å²) in [6, 6.07) is 3.84. The number of nitrogens with zero attached hydrogens (tertiary/aromatic N) is 2. The number of aromatic nitrogens is 2. The molecule has 19 heavy (non-hydrogen) atoms. The van der Waals surface area contributed by atoms with Gasteiger partial charge in [-0.05, 0) is 25.0 Å². The maximum absolute atomic E-state index is 9.25. The van der Waals surface area contributed by atoms with E-state index in [0.717, 1.165) is 11.6 Å². The Labute approximate surface area is 113 Å². The molecule has 2 aromatic heterocycles. The summed E-state index contributed by atoms with van der Waals surface area (Å²) in [4.78, 5) is 4.39. The molecule has 0 amide bonds. The fourth-order valence-electron chi connectivity index (χ4n) is 1.98. The van der Waals surface area contributed by atoms with Gasteiger partial charge in [0.25, 0.3) is 0 Å². The standard InChI is InChI=1S/C14H21N3O2/c1-10(9-18)11(2)16-13(12-5-4-8-19-12)14-15-6-7-17(14)3/h4-8,10-11,13,16,18H,9H2,1-3H3. The normalized spacial score (nSPS) is 16.2. The van der Waals surface area contributed by atoms with E-state index in [-0.39, 0.29) is 24.6 Å². The van der Waals surface area contributed by atoms with E-state index in [0.29, 0.717) is 0 Å². The van der Waals surface area contributed by atoms with Crippen LogP contribution in [0.2, 0.25) is 0 Å². The number of furan rings is 1. The van der Waals surface area contributed by atoms with E-state index >= 15 is 0 Å². The van der Waals surface area contributed by atoms with Crippen LogP contribution >= 0.6 is 0 Å². The third kappa shape index (κ3) is 3.05. The van der Waals surface area contributed by atoms with Crippen LogP contribution in [0.15, 0.2) is 35.2 Å². The van der Waals surface area contributed by atoms with Gasteiger partial charge in [-0.15, -0.1) is 0 Å². The average Bonchev–Trinajstić information content (AvgIpc) is 3.06. The summed E-state index contributed by atoms with van der Waals surface area (Å²) in [6.07, 6.45) is 5.34. The Bertz CT molecular complexity index is 493. The summed E-state index contributed by atoms with van der Waals surface area (Å²) in [5.74, 6) is 1.89. The molecular weight excluding hydrogens is 242 g/mol. The fourth-order valence-corrected chi connectivity index (χ4v) is 1.98. The minimum atomic E-state index is -0.112. The van der Waals surface area contributed by atoms with Crippen LogP contribution in [0.4, 0.5) is 0 Å². The van der Waals surface area contributed by atoms with E-state index in [1.807, 2.05) is 36.9 Å². The zero-order valence-corrected chi connectivity index (χ0v) is 11.6. The van der Waals surface area contributed by atoms with Crippen molar-refractivity contribution in [3.8, 4) is 0 Å². The Morgan fingerprint density at radius 1 is 1.47 bits per heavy atom. The van der Waals surface area contributed by atoms with Crippen molar-refractivity contribution >= 4 is 0 Å². The van der Waals surface area contributed by atoms with E-state index in [1.54, 1.807) is 12.5 Å². The quantitative estimate of drug-likeness (QED) is 0.833. The molecule has 2 aromatic rings. The Kier molecular flexibility index (Phi) is 4.39. The molecule has 2 heterocycles. The lowest BCUT2D eigenvalue weighted by Gasteiger charge is -2.25. The Hall–Kier alpha value is -1.59. The highest BCUT2D eigenvalue weighted by Crippen LogP contribution is 2.22. The molecule has 0 saturated carbocycles. The average molecular weight is 263 g/mol. The van der Waals surface area contributed by atoms with E-state index < -0.39 is 0 Å². The SMILES string of the molecule is CC(CO)C(C)NC(c1ccco1)c1nccn1C. The molecule has 0 aliphatic heterocycles. The van der Waals surface area contributed by atoms with Gasteiger partial charge in [0, 0.05) is 32.1 Å². The lowest BCUT2D eigenvalue weighted by Crippen LogP contribution is -2.38. The third-order valence-corrected chi connectivity index (χ3v) is 3.52. The van der Waals surface area contributed by atoms with E-state index in [9.17, 15) is 5.11 Å². The molecule has 0 aromatic carbocycles. The van der Waals surface area contributed by atoms with E-state index in [4.69, 9.17) is 4.42 Å². The van der Waals surface area contributed by atoms with Crippen LogP contribution < -0.4 is 5.32 Å². The summed E-state index contributed by atoms with van der Waals surface area (Å²) in [7, 11) is 1.96. The molecule has 2 rings (SSSR count). The lowest BCUT2D eigenvalue weighted by molar-refractivity contribution is 0.200. The van der Waals surface area contributed by atoms with Gasteiger partial charge >= 0.3 is 0 Å². The van der Waals surface area contributed by atoms with Crippen molar-refractivity contribution < 1.29 is 9.52 Å². The molecule has 3 unspecified atom stereocenters. The van der Waals surface area contributed by atoms with Gasteiger partial charge in [-0.3, -0.25) is 5.32 Å².